The lowest BCUT2D eigenvalue weighted by molar-refractivity contribution is -0.164. The lowest BCUT2D eigenvalue weighted by Gasteiger charge is -2.20. The summed E-state index contributed by atoms with van der Waals surface area (Å²) in [6.45, 7) is 0. The molecule has 1 aromatic carbocycles. The molecule has 0 radical (unpaired) electrons. The molecule has 2 aliphatic rings. The van der Waals surface area contributed by atoms with E-state index in [1.807, 2.05) is 0 Å². The van der Waals surface area contributed by atoms with Crippen molar-refractivity contribution >= 4 is 23.9 Å². The predicted molar refractivity (Wildman–Crippen MR) is 68.0 cm³/mol. The smallest absolute Gasteiger partial charge is 0.321 e. The van der Waals surface area contributed by atoms with Gasteiger partial charge >= 0.3 is 23.9 Å². The van der Waals surface area contributed by atoms with Gasteiger partial charge in [0.25, 0.3) is 0 Å². The quantitative estimate of drug-likeness (QED) is 0.600. The second-order valence-electron chi connectivity index (χ2n) is 5.17. The second kappa shape index (κ2) is 5.12. The molecule has 1 aromatic rings. The molecule has 0 saturated carbocycles. The topological polar surface area (TPSA) is 86.7 Å². The fourth-order valence-corrected chi connectivity index (χ4v) is 2.65. The molecule has 6 nitrogen and oxygen atoms in total. The van der Waals surface area contributed by atoms with Crippen molar-refractivity contribution in [2.45, 2.75) is 31.1 Å². The minimum Gasteiger partial charge on any atom is -0.393 e. The molecule has 0 amide bonds. The van der Waals surface area contributed by atoms with Crippen molar-refractivity contribution in [2.75, 3.05) is 0 Å². The van der Waals surface area contributed by atoms with Gasteiger partial charge in [-0.3, -0.25) is 19.2 Å². The minimum atomic E-state index is -0.565. The third-order valence-corrected chi connectivity index (χ3v) is 3.73. The molecule has 2 fully saturated rings. The average Bonchev–Trinajstić information content (AvgIpc) is 2.77. The first kappa shape index (κ1) is 13.5. The van der Waals surface area contributed by atoms with Crippen molar-refractivity contribution in [1.82, 2.24) is 0 Å². The Balaban J connectivity index is 1.78. The van der Waals surface area contributed by atoms with Crippen LogP contribution in [-0.2, 0) is 28.7 Å². The number of ether oxygens (including phenoxy) is 2. The first-order valence-corrected chi connectivity index (χ1v) is 6.61. The van der Waals surface area contributed by atoms with Crippen LogP contribution in [0.2, 0.25) is 0 Å². The van der Waals surface area contributed by atoms with Gasteiger partial charge in [-0.2, -0.15) is 0 Å². The summed E-state index contributed by atoms with van der Waals surface area (Å²) in [7, 11) is 0. The van der Waals surface area contributed by atoms with Gasteiger partial charge in [0.15, 0.2) is 0 Å². The van der Waals surface area contributed by atoms with Crippen LogP contribution in [0.3, 0.4) is 0 Å². The normalized spacial score (nSPS) is 23.1. The third-order valence-electron chi connectivity index (χ3n) is 3.73. The molecule has 108 valence electrons. The van der Waals surface area contributed by atoms with Gasteiger partial charge in [0.2, 0.25) is 0 Å². The molecular formula is C15H12O6. The molecule has 0 aromatic heterocycles. The highest BCUT2D eigenvalue weighted by Crippen LogP contribution is 2.31. The van der Waals surface area contributed by atoms with Crippen LogP contribution in [0, 0.1) is 0 Å². The van der Waals surface area contributed by atoms with E-state index >= 15 is 0 Å². The maximum Gasteiger partial charge on any atom is 0.321 e. The van der Waals surface area contributed by atoms with Gasteiger partial charge in [-0.1, -0.05) is 24.3 Å². The highest BCUT2D eigenvalue weighted by molar-refractivity contribution is 5.97. The predicted octanol–water partition coefficient (Wildman–Crippen LogP) is 1.19. The van der Waals surface area contributed by atoms with Crippen molar-refractivity contribution in [3.63, 3.8) is 0 Å². The first-order chi connectivity index (χ1) is 10.0. The molecule has 1 atom stereocenters. The van der Waals surface area contributed by atoms with Crippen molar-refractivity contribution < 1.29 is 28.7 Å². The number of carbonyl (C=O) groups excluding carboxylic acids is 4. The number of rotatable bonds is 2. The molecular weight excluding hydrogens is 276 g/mol. The Labute approximate surface area is 120 Å². The molecule has 21 heavy (non-hydrogen) atoms. The van der Waals surface area contributed by atoms with Gasteiger partial charge in [-0.25, -0.2) is 0 Å². The van der Waals surface area contributed by atoms with Gasteiger partial charge in [0.05, 0.1) is 25.2 Å². The molecule has 6 heteroatoms. The number of esters is 4. The van der Waals surface area contributed by atoms with Crippen molar-refractivity contribution in [3.8, 4) is 0 Å². The van der Waals surface area contributed by atoms with Crippen LogP contribution in [-0.4, -0.2) is 23.9 Å². The van der Waals surface area contributed by atoms with Gasteiger partial charge in [-0.15, -0.1) is 0 Å². The molecule has 2 heterocycles. The van der Waals surface area contributed by atoms with Crippen molar-refractivity contribution in [2.24, 2.45) is 0 Å². The van der Waals surface area contributed by atoms with Crippen LogP contribution >= 0.6 is 0 Å². The van der Waals surface area contributed by atoms with E-state index in [4.69, 9.17) is 0 Å². The molecule has 3 rings (SSSR count). The van der Waals surface area contributed by atoms with Crippen molar-refractivity contribution in [1.29, 1.82) is 0 Å². The third kappa shape index (κ3) is 2.69. The summed E-state index contributed by atoms with van der Waals surface area (Å²) in [5, 5.41) is 0. The molecule has 0 bridgehead atoms. The lowest BCUT2D eigenvalue weighted by Crippen LogP contribution is -2.24. The van der Waals surface area contributed by atoms with Gasteiger partial charge in [-0.05, 0) is 11.1 Å². The lowest BCUT2D eigenvalue weighted by atomic mass is 9.88. The van der Waals surface area contributed by atoms with E-state index in [9.17, 15) is 19.2 Å². The van der Waals surface area contributed by atoms with Crippen LogP contribution in [0.5, 0.6) is 0 Å². The Kier molecular flexibility index (Phi) is 3.29. The summed E-state index contributed by atoms with van der Waals surface area (Å²) in [4.78, 5) is 45.1. The highest BCUT2D eigenvalue weighted by atomic mass is 16.6. The summed E-state index contributed by atoms with van der Waals surface area (Å²) in [6, 6.07) is 6.98. The summed E-state index contributed by atoms with van der Waals surface area (Å²) in [6.07, 6.45) is 0.372. The number of hydrogen-bond donors (Lipinski definition) is 0. The maximum absolute atomic E-state index is 11.5. The summed E-state index contributed by atoms with van der Waals surface area (Å²) in [5.74, 6) is -2.87. The number of hydrogen-bond acceptors (Lipinski definition) is 6. The van der Waals surface area contributed by atoms with E-state index in [-0.39, 0.29) is 25.2 Å². The number of carbonyl (C=O) groups is 4. The number of benzene rings is 1. The zero-order valence-corrected chi connectivity index (χ0v) is 11.0. The van der Waals surface area contributed by atoms with E-state index in [1.54, 1.807) is 24.3 Å². The Hall–Kier alpha value is -2.50. The Bertz CT molecular complexity index is 614. The number of cyclic esters (lactones) is 4. The standard InChI is InChI=1S/C15H12O6/c16-12-5-10(6-13(17)20-12)8-1-3-9(4-2-8)11-7-14(18)21-15(11)19/h1-4,10-11H,5-7H2. The van der Waals surface area contributed by atoms with Crippen LogP contribution < -0.4 is 0 Å². The molecule has 2 aliphatic heterocycles. The molecule has 0 N–H and O–H groups in total. The van der Waals surface area contributed by atoms with Crippen LogP contribution in [0.1, 0.15) is 42.2 Å². The summed E-state index contributed by atoms with van der Waals surface area (Å²) in [5.41, 5.74) is 1.53. The maximum atomic E-state index is 11.5. The zero-order chi connectivity index (χ0) is 15.0. The Morgan fingerprint density at radius 3 is 1.76 bits per heavy atom. The summed E-state index contributed by atoms with van der Waals surface area (Å²) >= 11 is 0. The van der Waals surface area contributed by atoms with Crippen LogP contribution in [0.15, 0.2) is 24.3 Å². The van der Waals surface area contributed by atoms with E-state index in [0.717, 1.165) is 5.56 Å². The van der Waals surface area contributed by atoms with Crippen molar-refractivity contribution in [3.05, 3.63) is 35.4 Å². The first-order valence-electron chi connectivity index (χ1n) is 6.61. The molecule has 2 saturated heterocycles. The fraction of sp³-hybridized carbons (Fsp3) is 0.333. The Morgan fingerprint density at radius 2 is 1.24 bits per heavy atom. The Morgan fingerprint density at radius 1 is 0.714 bits per heavy atom. The van der Waals surface area contributed by atoms with Gasteiger partial charge in [0.1, 0.15) is 0 Å². The largest absolute Gasteiger partial charge is 0.393 e. The van der Waals surface area contributed by atoms with E-state index in [0.29, 0.717) is 5.56 Å². The highest BCUT2D eigenvalue weighted by Gasteiger charge is 2.35. The average molecular weight is 288 g/mol. The van der Waals surface area contributed by atoms with Gasteiger partial charge in [0, 0.05) is 5.92 Å². The van der Waals surface area contributed by atoms with E-state index in [2.05, 4.69) is 9.47 Å². The SMILES string of the molecule is O=C1CC(c2ccc(C3CC(=O)OC3=O)cc2)CC(=O)O1. The fourth-order valence-electron chi connectivity index (χ4n) is 2.65. The second-order valence-corrected chi connectivity index (χ2v) is 5.17. The van der Waals surface area contributed by atoms with E-state index < -0.39 is 29.8 Å². The molecule has 0 spiro atoms. The molecule has 0 aliphatic carbocycles. The summed E-state index contributed by atoms with van der Waals surface area (Å²) < 4.78 is 9.01. The van der Waals surface area contributed by atoms with Crippen LogP contribution in [0.25, 0.3) is 0 Å². The molecule has 1 unspecified atom stereocenters. The van der Waals surface area contributed by atoms with Crippen LogP contribution in [0.4, 0.5) is 0 Å². The zero-order valence-electron chi connectivity index (χ0n) is 11.0. The monoisotopic (exact) mass is 288 g/mol. The van der Waals surface area contributed by atoms with Gasteiger partial charge < -0.3 is 9.47 Å². The minimum absolute atomic E-state index is 0.0480. The van der Waals surface area contributed by atoms with E-state index in [1.165, 1.54) is 0 Å².